The molecular formula is C20H13N3O3S. The van der Waals surface area contributed by atoms with E-state index in [0.717, 1.165) is 20.8 Å². The number of nitro groups is 1. The monoisotopic (exact) mass is 375 g/mol. The summed E-state index contributed by atoms with van der Waals surface area (Å²) in [7, 11) is 0. The van der Waals surface area contributed by atoms with E-state index in [1.54, 1.807) is 23.5 Å². The van der Waals surface area contributed by atoms with Crippen molar-refractivity contribution in [2.24, 2.45) is 0 Å². The van der Waals surface area contributed by atoms with E-state index in [4.69, 9.17) is 0 Å². The Labute approximate surface area is 158 Å². The maximum absolute atomic E-state index is 12.6. The van der Waals surface area contributed by atoms with Crippen molar-refractivity contribution in [2.75, 3.05) is 5.32 Å². The maximum Gasteiger partial charge on any atom is 0.270 e. The van der Waals surface area contributed by atoms with Crippen molar-refractivity contribution in [3.05, 3.63) is 88.5 Å². The molecule has 1 N–H and O–H groups in total. The largest absolute Gasteiger partial charge is 0.321 e. The third kappa shape index (κ3) is 3.40. The molecule has 4 rings (SSSR count). The quantitative estimate of drug-likeness (QED) is 0.396. The van der Waals surface area contributed by atoms with Crippen LogP contribution in [0.15, 0.2) is 72.8 Å². The molecule has 0 saturated carbocycles. The Bertz CT molecular complexity index is 1140. The van der Waals surface area contributed by atoms with E-state index >= 15 is 0 Å². The number of amides is 1. The lowest BCUT2D eigenvalue weighted by Gasteiger charge is -2.09. The van der Waals surface area contributed by atoms with Crippen LogP contribution in [0.25, 0.3) is 20.8 Å². The zero-order valence-corrected chi connectivity index (χ0v) is 14.8. The summed E-state index contributed by atoms with van der Waals surface area (Å²) in [6.07, 6.45) is 0. The molecule has 132 valence electrons. The van der Waals surface area contributed by atoms with Crippen molar-refractivity contribution in [2.45, 2.75) is 0 Å². The molecule has 1 aromatic heterocycles. The van der Waals surface area contributed by atoms with Gasteiger partial charge < -0.3 is 5.32 Å². The highest BCUT2D eigenvalue weighted by molar-refractivity contribution is 7.21. The van der Waals surface area contributed by atoms with Gasteiger partial charge in [0, 0.05) is 23.3 Å². The number of thiazole rings is 1. The third-order valence-corrected chi connectivity index (χ3v) is 5.09. The highest BCUT2D eigenvalue weighted by atomic mass is 32.1. The zero-order valence-electron chi connectivity index (χ0n) is 14.0. The number of para-hydroxylation sites is 2. The van der Waals surface area contributed by atoms with Crippen LogP contribution in [0.5, 0.6) is 0 Å². The Morgan fingerprint density at radius 2 is 1.78 bits per heavy atom. The molecule has 0 bridgehead atoms. The first-order valence-electron chi connectivity index (χ1n) is 8.12. The number of rotatable bonds is 4. The van der Waals surface area contributed by atoms with Crippen molar-refractivity contribution in [3.63, 3.8) is 0 Å². The smallest absolute Gasteiger partial charge is 0.270 e. The SMILES string of the molecule is O=C(Nc1ccccc1-c1nc2ccccc2s1)c1cccc([N+](=O)[O-])c1. The van der Waals surface area contributed by atoms with Gasteiger partial charge in [-0.3, -0.25) is 14.9 Å². The summed E-state index contributed by atoms with van der Waals surface area (Å²) < 4.78 is 1.06. The number of nitrogens with zero attached hydrogens (tertiary/aromatic N) is 2. The fourth-order valence-electron chi connectivity index (χ4n) is 2.72. The summed E-state index contributed by atoms with van der Waals surface area (Å²) in [6, 6.07) is 20.9. The summed E-state index contributed by atoms with van der Waals surface area (Å²) in [5.74, 6) is -0.410. The number of non-ortho nitro benzene ring substituents is 1. The van der Waals surface area contributed by atoms with Crippen molar-refractivity contribution in [1.82, 2.24) is 4.98 Å². The first-order chi connectivity index (χ1) is 13.1. The van der Waals surface area contributed by atoms with Crippen molar-refractivity contribution < 1.29 is 9.72 Å². The molecule has 27 heavy (non-hydrogen) atoms. The number of nitro benzene ring substituents is 1. The lowest BCUT2D eigenvalue weighted by atomic mass is 10.1. The average Bonchev–Trinajstić information content (AvgIpc) is 3.12. The standard InChI is InChI=1S/C20H13N3O3S/c24-19(13-6-5-7-14(12-13)23(25)26)21-16-9-2-1-8-15(16)20-22-17-10-3-4-11-18(17)27-20/h1-12H,(H,21,24). The molecule has 0 aliphatic carbocycles. The second-order valence-electron chi connectivity index (χ2n) is 5.79. The predicted octanol–water partition coefficient (Wildman–Crippen LogP) is 5.12. The van der Waals surface area contributed by atoms with E-state index in [2.05, 4.69) is 10.3 Å². The van der Waals surface area contributed by atoms with Crippen LogP contribution in [-0.4, -0.2) is 15.8 Å². The molecule has 0 unspecified atom stereocenters. The van der Waals surface area contributed by atoms with Gasteiger partial charge in [-0.2, -0.15) is 0 Å². The van der Waals surface area contributed by atoms with Crippen LogP contribution in [-0.2, 0) is 0 Å². The summed E-state index contributed by atoms with van der Waals surface area (Å²) in [5, 5.41) is 14.6. The van der Waals surface area contributed by atoms with Crippen molar-refractivity contribution >= 4 is 38.8 Å². The molecule has 0 spiro atoms. The number of aromatic nitrogens is 1. The predicted molar refractivity (Wildman–Crippen MR) is 106 cm³/mol. The maximum atomic E-state index is 12.6. The number of nitrogens with one attached hydrogen (secondary N) is 1. The van der Waals surface area contributed by atoms with Gasteiger partial charge in [-0.1, -0.05) is 30.3 Å². The number of fused-ring (bicyclic) bond motifs is 1. The number of anilines is 1. The van der Waals surface area contributed by atoms with E-state index in [9.17, 15) is 14.9 Å². The van der Waals surface area contributed by atoms with Gasteiger partial charge in [-0.15, -0.1) is 11.3 Å². The first kappa shape index (κ1) is 16.9. The topological polar surface area (TPSA) is 85.1 Å². The summed E-state index contributed by atoms with van der Waals surface area (Å²) in [6.45, 7) is 0. The minimum Gasteiger partial charge on any atom is -0.321 e. The average molecular weight is 375 g/mol. The van der Waals surface area contributed by atoms with Crippen molar-refractivity contribution in [1.29, 1.82) is 0 Å². The van der Waals surface area contributed by atoms with Gasteiger partial charge in [-0.25, -0.2) is 4.98 Å². The summed E-state index contributed by atoms with van der Waals surface area (Å²) >= 11 is 1.54. The Kier molecular flexibility index (Phi) is 4.35. The normalized spacial score (nSPS) is 10.7. The van der Waals surface area contributed by atoms with Gasteiger partial charge in [0.1, 0.15) is 5.01 Å². The molecule has 4 aromatic rings. The van der Waals surface area contributed by atoms with E-state index in [1.165, 1.54) is 18.2 Å². The second kappa shape index (κ2) is 6.97. The van der Waals surface area contributed by atoms with E-state index in [1.807, 2.05) is 42.5 Å². The molecule has 1 heterocycles. The van der Waals surface area contributed by atoms with Gasteiger partial charge in [0.15, 0.2) is 0 Å². The number of hydrogen-bond acceptors (Lipinski definition) is 5. The van der Waals surface area contributed by atoms with Crippen LogP contribution in [0.3, 0.4) is 0 Å². The third-order valence-electron chi connectivity index (χ3n) is 4.02. The molecule has 0 radical (unpaired) electrons. The lowest BCUT2D eigenvalue weighted by molar-refractivity contribution is -0.384. The Morgan fingerprint density at radius 3 is 2.59 bits per heavy atom. The Hall–Kier alpha value is -3.58. The molecule has 0 aliphatic rings. The van der Waals surface area contributed by atoms with Gasteiger partial charge in [0.05, 0.1) is 20.8 Å². The zero-order chi connectivity index (χ0) is 18.8. The molecule has 0 atom stereocenters. The van der Waals surface area contributed by atoms with Crippen LogP contribution in [0.2, 0.25) is 0 Å². The second-order valence-corrected chi connectivity index (χ2v) is 6.82. The molecule has 0 aliphatic heterocycles. The minimum atomic E-state index is -0.522. The Balaban J connectivity index is 1.68. The molecule has 0 fully saturated rings. The molecule has 1 amide bonds. The Morgan fingerprint density at radius 1 is 1.00 bits per heavy atom. The van der Waals surface area contributed by atoms with E-state index in [-0.39, 0.29) is 11.3 Å². The summed E-state index contributed by atoms with van der Waals surface area (Å²) in [4.78, 5) is 27.6. The molecular weight excluding hydrogens is 362 g/mol. The summed E-state index contributed by atoms with van der Waals surface area (Å²) in [5.41, 5.74) is 2.41. The molecule has 3 aromatic carbocycles. The lowest BCUT2D eigenvalue weighted by Crippen LogP contribution is -2.12. The molecule has 7 heteroatoms. The fourth-order valence-corrected chi connectivity index (χ4v) is 3.73. The molecule has 6 nitrogen and oxygen atoms in total. The van der Waals surface area contributed by atoms with E-state index < -0.39 is 10.8 Å². The first-order valence-corrected chi connectivity index (χ1v) is 8.94. The van der Waals surface area contributed by atoms with Gasteiger partial charge in [-0.05, 0) is 30.3 Å². The van der Waals surface area contributed by atoms with Gasteiger partial charge in [0.25, 0.3) is 11.6 Å². The van der Waals surface area contributed by atoms with Crippen LogP contribution >= 0.6 is 11.3 Å². The number of benzene rings is 3. The van der Waals surface area contributed by atoms with E-state index in [0.29, 0.717) is 5.69 Å². The highest BCUT2D eigenvalue weighted by Crippen LogP contribution is 2.34. The van der Waals surface area contributed by atoms with Crippen LogP contribution < -0.4 is 5.32 Å². The number of hydrogen-bond donors (Lipinski definition) is 1. The number of carbonyl (C=O) groups is 1. The highest BCUT2D eigenvalue weighted by Gasteiger charge is 2.15. The fraction of sp³-hybridized carbons (Fsp3) is 0. The minimum absolute atomic E-state index is 0.123. The van der Waals surface area contributed by atoms with Gasteiger partial charge in [0.2, 0.25) is 0 Å². The number of carbonyl (C=O) groups excluding carboxylic acids is 1. The van der Waals surface area contributed by atoms with Crippen molar-refractivity contribution in [3.8, 4) is 10.6 Å². The van der Waals surface area contributed by atoms with Crippen LogP contribution in [0, 0.1) is 10.1 Å². The van der Waals surface area contributed by atoms with Gasteiger partial charge >= 0.3 is 0 Å². The van der Waals surface area contributed by atoms with Crippen LogP contribution in [0.4, 0.5) is 11.4 Å². The molecule has 0 saturated heterocycles. The van der Waals surface area contributed by atoms with Crippen LogP contribution in [0.1, 0.15) is 10.4 Å².